The van der Waals surface area contributed by atoms with E-state index < -0.39 is 43.9 Å². The molecule has 4 rings (SSSR count). The Morgan fingerprint density at radius 1 is 1.22 bits per heavy atom. The minimum absolute atomic E-state index is 0.105. The first-order chi connectivity index (χ1) is 17.1. The molecule has 0 amide bonds. The second-order valence-corrected chi connectivity index (χ2v) is 12.4. The van der Waals surface area contributed by atoms with Crippen LogP contribution >= 0.6 is 22.9 Å². The van der Waals surface area contributed by atoms with Crippen molar-refractivity contribution in [2.45, 2.75) is 37.0 Å². The molecule has 2 aromatic rings. The number of halogens is 3. The topological polar surface area (TPSA) is 101 Å². The van der Waals surface area contributed by atoms with Crippen LogP contribution in [0.2, 0.25) is 5.02 Å². The molecule has 1 aliphatic carbocycles. The largest absolute Gasteiger partial charge is 0.466 e. The predicted octanol–water partition coefficient (Wildman–Crippen LogP) is 4.04. The molecule has 0 radical (unpaired) electrons. The lowest BCUT2D eigenvalue weighted by molar-refractivity contribution is -0.136. The lowest BCUT2D eigenvalue weighted by Crippen LogP contribution is -2.40. The molecule has 2 heterocycles. The molecule has 1 aromatic carbocycles. The predicted molar refractivity (Wildman–Crippen MR) is 133 cm³/mol. The highest BCUT2D eigenvalue weighted by Crippen LogP contribution is 2.42. The van der Waals surface area contributed by atoms with Gasteiger partial charge in [0, 0.05) is 36.9 Å². The highest BCUT2D eigenvalue weighted by Gasteiger charge is 2.40. The van der Waals surface area contributed by atoms with E-state index in [0.29, 0.717) is 42.2 Å². The molecule has 1 saturated carbocycles. The summed E-state index contributed by atoms with van der Waals surface area (Å²) >= 11 is 7.50. The van der Waals surface area contributed by atoms with Gasteiger partial charge >= 0.3 is 5.97 Å². The Bertz CT molecular complexity index is 1320. The number of amidine groups is 1. The zero-order valence-electron chi connectivity index (χ0n) is 19.8. The van der Waals surface area contributed by atoms with Gasteiger partial charge in [0.05, 0.1) is 23.0 Å². The Morgan fingerprint density at radius 2 is 1.92 bits per heavy atom. The summed E-state index contributed by atoms with van der Waals surface area (Å²) in [5, 5.41) is 4.50. The maximum Gasteiger partial charge on any atom is 0.338 e. The van der Waals surface area contributed by atoms with Crippen LogP contribution in [-0.4, -0.2) is 56.0 Å². The summed E-state index contributed by atoms with van der Waals surface area (Å²) in [5.41, 5.74) is 0.714. The van der Waals surface area contributed by atoms with Gasteiger partial charge in [-0.05, 0) is 37.7 Å². The lowest BCUT2D eigenvalue weighted by Gasteiger charge is -2.35. The molecule has 1 N–H and O–H groups in total. The molecule has 2 aliphatic rings. The van der Waals surface area contributed by atoms with Crippen LogP contribution in [0.1, 0.15) is 42.3 Å². The number of nitrogens with zero attached hydrogens (tertiary/aromatic N) is 3. The fourth-order valence-corrected chi connectivity index (χ4v) is 6.90. The van der Waals surface area contributed by atoms with Gasteiger partial charge in [0.25, 0.3) is 0 Å². The normalized spacial score (nSPS) is 22.9. The van der Waals surface area contributed by atoms with Crippen LogP contribution in [0.5, 0.6) is 0 Å². The molecule has 1 aliphatic heterocycles. The van der Waals surface area contributed by atoms with Gasteiger partial charge in [-0.25, -0.2) is 31.3 Å². The van der Waals surface area contributed by atoms with Crippen LogP contribution in [0.3, 0.4) is 0 Å². The van der Waals surface area contributed by atoms with E-state index in [0.717, 1.165) is 6.07 Å². The van der Waals surface area contributed by atoms with Crippen molar-refractivity contribution < 1.29 is 26.7 Å². The van der Waals surface area contributed by atoms with Gasteiger partial charge in [0.1, 0.15) is 6.04 Å². The van der Waals surface area contributed by atoms with Crippen molar-refractivity contribution in [2.75, 3.05) is 21.2 Å². The van der Waals surface area contributed by atoms with Crippen LogP contribution in [0.4, 0.5) is 8.78 Å². The first-order valence-corrected chi connectivity index (χ1v) is 13.9. The number of allylic oxidation sites excluding steroid dienone is 1. The van der Waals surface area contributed by atoms with Gasteiger partial charge in [-0.15, -0.1) is 11.3 Å². The Balaban J connectivity index is 1.80. The van der Waals surface area contributed by atoms with Crippen LogP contribution in [0, 0.1) is 17.6 Å². The van der Waals surface area contributed by atoms with Gasteiger partial charge in [-0.2, -0.15) is 0 Å². The number of carbonyl (C=O) groups is 1. The maximum atomic E-state index is 14.4. The van der Waals surface area contributed by atoms with E-state index in [1.165, 1.54) is 42.9 Å². The molecule has 1 aromatic heterocycles. The standard InChI is InChI=1S/C23H25ClF2N4O4S2/c1-30(2)36(32,33)13-6-4-12(5-7-13)19-16(23(31)34-3)20(14-8-9-15(25)18(26)17(14)24)29-21(28-19)22-27-10-11-35-22/h8-13,20H,4-7H2,1-3H3,(H,28,29)/t12-,13-,20?. The van der Waals surface area contributed by atoms with E-state index in [1.54, 1.807) is 11.6 Å². The smallest absolute Gasteiger partial charge is 0.338 e. The summed E-state index contributed by atoms with van der Waals surface area (Å²) in [5.74, 6) is -2.94. The molecule has 0 bridgehead atoms. The Morgan fingerprint density at radius 3 is 2.50 bits per heavy atom. The van der Waals surface area contributed by atoms with E-state index in [4.69, 9.17) is 16.3 Å². The minimum Gasteiger partial charge on any atom is -0.466 e. The SMILES string of the molecule is COC(=O)C1=C([C@H]2CC[C@H](S(=O)(=O)N(C)C)CC2)NC(c2nccs2)=NC1c1ccc(F)c(F)c1Cl. The summed E-state index contributed by atoms with van der Waals surface area (Å²) in [7, 11) is 0.813. The van der Waals surface area contributed by atoms with E-state index in [9.17, 15) is 22.0 Å². The minimum atomic E-state index is -3.42. The van der Waals surface area contributed by atoms with Crippen molar-refractivity contribution in [3.05, 3.63) is 62.2 Å². The molecule has 1 atom stereocenters. The van der Waals surface area contributed by atoms with Crippen molar-refractivity contribution in [1.29, 1.82) is 0 Å². The Hall–Kier alpha value is -2.41. The van der Waals surface area contributed by atoms with Crippen molar-refractivity contribution in [2.24, 2.45) is 10.9 Å². The fraction of sp³-hybridized carbons (Fsp3) is 0.435. The summed E-state index contributed by atoms with van der Waals surface area (Å²) in [6.07, 6.45) is 3.34. The number of sulfonamides is 1. The molecule has 194 valence electrons. The van der Waals surface area contributed by atoms with Crippen LogP contribution < -0.4 is 5.32 Å². The van der Waals surface area contributed by atoms with E-state index in [1.807, 2.05) is 0 Å². The fourth-order valence-electron chi connectivity index (χ4n) is 4.60. The van der Waals surface area contributed by atoms with Gasteiger partial charge in [0.15, 0.2) is 22.5 Å². The number of esters is 1. The zero-order chi connectivity index (χ0) is 26.2. The van der Waals surface area contributed by atoms with Gasteiger partial charge in [0.2, 0.25) is 10.0 Å². The number of nitrogens with one attached hydrogen (secondary N) is 1. The molecule has 36 heavy (non-hydrogen) atoms. The first kappa shape index (κ1) is 26.6. The van der Waals surface area contributed by atoms with Gasteiger partial charge in [-0.3, -0.25) is 4.99 Å². The third kappa shape index (κ3) is 4.91. The van der Waals surface area contributed by atoms with E-state index in [2.05, 4.69) is 15.3 Å². The number of methoxy groups -OCH3 is 1. The molecule has 1 fully saturated rings. The van der Waals surface area contributed by atoms with Crippen molar-refractivity contribution in [1.82, 2.24) is 14.6 Å². The summed E-state index contributed by atoms with van der Waals surface area (Å²) in [6.45, 7) is 0. The summed E-state index contributed by atoms with van der Waals surface area (Å²) < 4.78 is 59.8. The second kappa shape index (κ2) is 10.5. The second-order valence-electron chi connectivity index (χ2n) is 8.73. The van der Waals surface area contributed by atoms with Crippen molar-refractivity contribution in [3.8, 4) is 0 Å². The third-order valence-electron chi connectivity index (χ3n) is 6.49. The van der Waals surface area contributed by atoms with Gasteiger partial charge < -0.3 is 10.1 Å². The van der Waals surface area contributed by atoms with Crippen molar-refractivity contribution in [3.63, 3.8) is 0 Å². The van der Waals surface area contributed by atoms with Crippen LogP contribution in [-0.2, 0) is 19.6 Å². The molecular weight excluding hydrogens is 534 g/mol. The van der Waals surface area contributed by atoms with Crippen molar-refractivity contribution >= 4 is 44.8 Å². The number of carbonyl (C=O) groups excluding carboxylic acids is 1. The summed E-state index contributed by atoms with van der Waals surface area (Å²) in [6, 6.07) is 1.14. The number of ether oxygens (including phenoxy) is 1. The zero-order valence-corrected chi connectivity index (χ0v) is 22.2. The van der Waals surface area contributed by atoms with E-state index in [-0.39, 0.29) is 17.1 Å². The molecular formula is C23H25ClF2N4O4S2. The van der Waals surface area contributed by atoms with E-state index >= 15 is 0 Å². The number of rotatable bonds is 6. The summed E-state index contributed by atoms with van der Waals surface area (Å²) in [4.78, 5) is 22.0. The van der Waals surface area contributed by atoms with Crippen LogP contribution in [0.25, 0.3) is 0 Å². The number of aromatic nitrogens is 1. The third-order valence-corrected chi connectivity index (χ3v) is 9.98. The Labute approximate surface area is 217 Å². The highest BCUT2D eigenvalue weighted by molar-refractivity contribution is 7.89. The quantitative estimate of drug-likeness (QED) is 0.424. The average molecular weight is 559 g/mol. The number of aliphatic imine (C=N–C) groups is 1. The molecule has 13 heteroatoms. The lowest BCUT2D eigenvalue weighted by atomic mass is 9.82. The number of benzene rings is 1. The first-order valence-electron chi connectivity index (χ1n) is 11.2. The average Bonchev–Trinajstić information content (AvgIpc) is 3.41. The van der Waals surface area contributed by atoms with Gasteiger partial charge in [-0.1, -0.05) is 17.7 Å². The Kier molecular flexibility index (Phi) is 7.79. The molecule has 1 unspecified atom stereocenters. The molecule has 0 saturated heterocycles. The molecule has 8 nitrogen and oxygen atoms in total. The number of hydrogen-bond donors (Lipinski definition) is 1. The molecule has 0 spiro atoms. The number of hydrogen-bond acceptors (Lipinski definition) is 8. The number of thiazole rings is 1. The van der Waals surface area contributed by atoms with Crippen LogP contribution in [0.15, 0.2) is 40.0 Å². The highest BCUT2D eigenvalue weighted by atomic mass is 35.5. The maximum absolute atomic E-state index is 14.4. The monoisotopic (exact) mass is 558 g/mol.